The summed E-state index contributed by atoms with van der Waals surface area (Å²) >= 11 is 0. The standard InChI is InChI=1S/C12H23N3O.HI/c1-11(2)9(8-12(11,3)16-4)15-10-13-6-5-7-14-10;/h9H,5-8H2,1-4H3,(H2,13,14,15);1H. The van der Waals surface area contributed by atoms with Crippen LogP contribution in [-0.4, -0.2) is 37.8 Å². The fourth-order valence-corrected chi connectivity index (χ4v) is 2.52. The highest BCUT2D eigenvalue weighted by atomic mass is 127. The molecule has 2 aliphatic rings. The van der Waals surface area contributed by atoms with E-state index in [1.807, 2.05) is 0 Å². The Kier molecular flexibility index (Phi) is 4.68. The molecule has 0 aromatic rings. The minimum Gasteiger partial charge on any atom is -0.378 e. The van der Waals surface area contributed by atoms with Gasteiger partial charge in [0, 0.05) is 31.7 Å². The maximum Gasteiger partial charge on any atom is 0.191 e. The number of methoxy groups -OCH3 is 1. The van der Waals surface area contributed by atoms with Gasteiger partial charge in [-0.3, -0.25) is 4.99 Å². The van der Waals surface area contributed by atoms with Gasteiger partial charge in [-0.1, -0.05) is 13.8 Å². The highest BCUT2D eigenvalue weighted by molar-refractivity contribution is 14.0. The Hall–Kier alpha value is -0.0400. The van der Waals surface area contributed by atoms with Crippen LogP contribution in [0.1, 0.15) is 33.6 Å². The fraction of sp³-hybridized carbons (Fsp3) is 0.917. The van der Waals surface area contributed by atoms with Crippen LogP contribution < -0.4 is 10.6 Å². The Bertz CT molecular complexity index is 306. The monoisotopic (exact) mass is 353 g/mol. The fourth-order valence-electron chi connectivity index (χ4n) is 2.52. The molecule has 0 amide bonds. The van der Waals surface area contributed by atoms with Crippen LogP contribution in [0.25, 0.3) is 0 Å². The zero-order valence-corrected chi connectivity index (χ0v) is 13.5. The van der Waals surface area contributed by atoms with Crippen LogP contribution in [0.15, 0.2) is 4.99 Å². The molecule has 4 nitrogen and oxygen atoms in total. The third-order valence-electron chi connectivity index (χ3n) is 4.49. The Morgan fingerprint density at radius 3 is 2.59 bits per heavy atom. The summed E-state index contributed by atoms with van der Waals surface area (Å²) in [4.78, 5) is 4.44. The van der Waals surface area contributed by atoms with Gasteiger partial charge in [0.15, 0.2) is 5.96 Å². The number of hydrogen-bond donors (Lipinski definition) is 2. The first-order chi connectivity index (χ1) is 7.49. The van der Waals surface area contributed by atoms with Gasteiger partial charge in [0.25, 0.3) is 0 Å². The molecule has 2 unspecified atom stereocenters. The van der Waals surface area contributed by atoms with Crippen molar-refractivity contribution in [2.45, 2.75) is 45.3 Å². The highest BCUT2D eigenvalue weighted by Crippen LogP contribution is 2.51. The predicted molar refractivity (Wildman–Crippen MR) is 81.1 cm³/mol. The first-order valence-electron chi connectivity index (χ1n) is 6.09. The largest absolute Gasteiger partial charge is 0.378 e. The van der Waals surface area contributed by atoms with Gasteiger partial charge < -0.3 is 15.4 Å². The minimum atomic E-state index is -0.0140. The third-order valence-corrected chi connectivity index (χ3v) is 4.49. The van der Waals surface area contributed by atoms with E-state index >= 15 is 0 Å². The number of halogens is 1. The van der Waals surface area contributed by atoms with E-state index in [0.29, 0.717) is 6.04 Å². The molecule has 0 spiro atoms. The van der Waals surface area contributed by atoms with E-state index in [1.54, 1.807) is 7.11 Å². The number of nitrogens with one attached hydrogen (secondary N) is 2. The van der Waals surface area contributed by atoms with E-state index in [-0.39, 0.29) is 35.0 Å². The molecule has 5 heteroatoms. The lowest BCUT2D eigenvalue weighted by atomic mass is 9.56. The summed E-state index contributed by atoms with van der Waals surface area (Å²) in [6.45, 7) is 8.65. The van der Waals surface area contributed by atoms with Crippen LogP contribution in [0.2, 0.25) is 0 Å². The summed E-state index contributed by atoms with van der Waals surface area (Å²) in [6.07, 6.45) is 2.17. The van der Waals surface area contributed by atoms with Gasteiger partial charge in [0.2, 0.25) is 0 Å². The van der Waals surface area contributed by atoms with Crippen LogP contribution in [0.3, 0.4) is 0 Å². The molecule has 1 saturated carbocycles. The quantitative estimate of drug-likeness (QED) is 0.744. The molecule has 0 aromatic carbocycles. The maximum absolute atomic E-state index is 5.61. The molecule has 0 radical (unpaired) electrons. The van der Waals surface area contributed by atoms with Crippen molar-refractivity contribution < 1.29 is 4.74 Å². The second kappa shape index (κ2) is 5.30. The van der Waals surface area contributed by atoms with E-state index in [4.69, 9.17) is 4.74 Å². The first-order valence-corrected chi connectivity index (χ1v) is 6.09. The van der Waals surface area contributed by atoms with Crippen molar-refractivity contribution in [3.63, 3.8) is 0 Å². The Balaban J connectivity index is 0.00000144. The van der Waals surface area contributed by atoms with Gasteiger partial charge in [-0.05, 0) is 19.8 Å². The van der Waals surface area contributed by atoms with Crippen molar-refractivity contribution in [1.82, 2.24) is 10.6 Å². The van der Waals surface area contributed by atoms with Gasteiger partial charge in [0.1, 0.15) is 0 Å². The lowest BCUT2D eigenvalue weighted by Gasteiger charge is -2.59. The Morgan fingerprint density at radius 2 is 2.12 bits per heavy atom. The molecule has 0 aromatic heterocycles. The van der Waals surface area contributed by atoms with Gasteiger partial charge in [0.05, 0.1) is 5.60 Å². The van der Waals surface area contributed by atoms with Gasteiger partial charge in [-0.2, -0.15) is 0 Å². The number of hydrogen-bond acceptors (Lipinski definition) is 4. The van der Waals surface area contributed by atoms with Crippen molar-refractivity contribution in [1.29, 1.82) is 0 Å². The molecule has 1 fully saturated rings. The summed E-state index contributed by atoms with van der Waals surface area (Å²) in [5.41, 5.74) is 0.128. The second-order valence-corrected chi connectivity index (χ2v) is 5.57. The van der Waals surface area contributed by atoms with E-state index in [2.05, 4.69) is 36.4 Å². The zero-order valence-electron chi connectivity index (χ0n) is 11.2. The molecule has 2 N–H and O–H groups in total. The molecule has 0 bridgehead atoms. The average Bonchev–Trinajstić information content (AvgIpc) is 2.29. The number of ether oxygens (including phenoxy) is 1. The van der Waals surface area contributed by atoms with Gasteiger partial charge >= 0.3 is 0 Å². The topological polar surface area (TPSA) is 45.6 Å². The molecule has 1 aliphatic heterocycles. The van der Waals surface area contributed by atoms with Crippen molar-refractivity contribution in [3.05, 3.63) is 0 Å². The van der Waals surface area contributed by atoms with E-state index in [0.717, 1.165) is 31.9 Å². The molecule has 1 aliphatic carbocycles. The summed E-state index contributed by atoms with van der Waals surface area (Å²) in [5.74, 6) is 0.961. The normalized spacial score (nSPS) is 34.8. The number of rotatable bonds is 2. The molecule has 0 saturated heterocycles. The van der Waals surface area contributed by atoms with Crippen molar-refractivity contribution >= 4 is 29.9 Å². The lowest BCUT2D eigenvalue weighted by molar-refractivity contribution is -0.176. The Labute approximate surface area is 121 Å². The maximum atomic E-state index is 5.61. The number of aliphatic imine (C=N–C) groups is 1. The highest BCUT2D eigenvalue weighted by Gasteiger charge is 2.58. The molecule has 2 atom stereocenters. The van der Waals surface area contributed by atoms with Crippen LogP contribution in [0.5, 0.6) is 0 Å². The molecular weight excluding hydrogens is 329 g/mol. The summed E-state index contributed by atoms with van der Waals surface area (Å²) in [5, 5.41) is 6.79. The summed E-state index contributed by atoms with van der Waals surface area (Å²) in [6, 6.07) is 0.446. The predicted octanol–water partition coefficient (Wildman–Crippen LogP) is 1.75. The van der Waals surface area contributed by atoms with Crippen LogP contribution in [0, 0.1) is 5.41 Å². The number of guanidine groups is 1. The third kappa shape index (κ3) is 2.54. The molecule has 100 valence electrons. The minimum absolute atomic E-state index is 0. The summed E-state index contributed by atoms with van der Waals surface area (Å²) in [7, 11) is 1.80. The van der Waals surface area contributed by atoms with Crippen LogP contribution in [-0.2, 0) is 4.74 Å². The average molecular weight is 353 g/mol. The van der Waals surface area contributed by atoms with E-state index in [1.165, 1.54) is 0 Å². The molecule has 17 heavy (non-hydrogen) atoms. The molecular formula is C12H24IN3O. The van der Waals surface area contributed by atoms with Crippen molar-refractivity contribution in [3.8, 4) is 0 Å². The van der Waals surface area contributed by atoms with Crippen LogP contribution >= 0.6 is 24.0 Å². The molecule has 2 rings (SSSR count). The zero-order chi connectivity index (χ0) is 11.8. The van der Waals surface area contributed by atoms with E-state index in [9.17, 15) is 0 Å². The van der Waals surface area contributed by atoms with Crippen LogP contribution in [0.4, 0.5) is 0 Å². The smallest absolute Gasteiger partial charge is 0.191 e. The Morgan fingerprint density at radius 1 is 1.41 bits per heavy atom. The lowest BCUT2D eigenvalue weighted by Crippen LogP contribution is -2.69. The van der Waals surface area contributed by atoms with Gasteiger partial charge in [-0.25, -0.2) is 0 Å². The van der Waals surface area contributed by atoms with E-state index < -0.39 is 0 Å². The van der Waals surface area contributed by atoms with Crippen molar-refractivity contribution in [2.75, 3.05) is 20.2 Å². The number of nitrogens with zero attached hydrogens (tertiary/aromatic N) is 1. The molecule has 1 heterocycles. The van der Waals surface area contributed by atoms with Gasteiger partial charge in [-0.15, -0.1) is 24.0 Å². The first kappa shape index (κ1) is 15.0. The SMILES string of the molecule is COC1(C)CC(NC2=NCCCN2)C1(C)C.I. The summed E-state index contributed by atoms with van der Waals surface area (Å²) < 4.78 is 5.61. The van der Waals surface area contributed by atoms with Crippen molar-refractivity contribution in [2.24, 2.45) is 10.4 Å². The second-order valence-electron chi connectivity index (χ2n) is 5.57.